The fourth-order valence-corrected chi connectivity index (χ4v) is 2.68. The molecule has 2 rings (SSSR count). The van der Waals surface area contributed by atoms with Crippen LogP contribution in [-0.2, 0) is 6.42 Å². The monoisotopic (exact) mass is 274 g/mol. The van der Waals surface area contributed by atoms with Crippen molar-refractivity contribution in [2.24, 2.45) is 0 Å². The zero-order valence-corrected chi connectivity index (χ0v) is 12.0. The predicted molar refractivity (Wildman–Crippen MR) is 80.4 cm³/mol. The van der Waals surface area contributed by atoms with Gasteiger partial charge in [-0.25, -0.2) is 0 Å². The molecule has 1 atom stereocenters. The fourth-order valence-electron chi connectivity index (χ4n) is 1.83. The fraction of sp³-hybridized carbons (Fsp3) is 0.267. The number of hydrogen-bond donors (Lipinski definition) is 2. The molecule has 100 valence electrons. The van der Waals surface area contributed by atoms with E-state index in [0.29, 0.717) is 0 Å². The first kappa shape index (κ1) is 13.6. The van der Waals surface area contributed by atoms with E-state index in [1.165, 1.54) is 4.88 Å². The highest BCUT2D eigenvalue weighted by atomic mass is 32.1. The summed E-state index contributed by atoms with van der Waals surface area (Å²) in [6, 6.07) is 11.4. The lowest BCUT2D eigenvalue weighted by Crippen LogP contribution is -2.25. The SMILES string of the molecule is CCc1ccc(C(=O)NC(C)c2ccc(N)cc2)s1. The smallest absolute Gasteiger partial charge is 0.261 e. The number of nitrogens with two attached hydrogens (primary N) is 1. The number of benzene rings is 1. The van der Waals surface area contributed by atoms with Crippen LogP contribution in [0.15, 0.2) is 36.4 Å². The second-order valence-corrected chi connectivity index (χ2v) is 5.65. The third-order valence-electron chi connectivity index (χ3n) is 3.02. The van der Waals surface area contributed by atoms with Crippen LogP contribution in [0, 0.1) is 0 Å². The third-order valence-corrected chi connectivity index (χ3v) is 4.25. The summed E-state index contributed by atoms with van der Waals surface area (Å²) in [5, 5.41) is 3.00. The van der Waals surface area contributed by atoms with Gasteiger partial charge in [-0.3, -0.25) is 4.79 Å². The average molecular weight is 274 g/mol. The molecular formula is C15H18N2OS. The van der Waals surface area contributed by atoms with E-state index in [1.807, 2.05) is 43.3 Å². The van der Waals surface area contributed by atoms with Gasteiger partial charge in [-0.05, 0) is 43.2 Å². The van der Waals surface area contributed by atoms with E-state index in [-0.39, 0.29) is 11.9 Å². The maximum Gasteiger partial charge on any atom is 0.261 e. The summed E-state index contributed by atoms with van der Waals surface area (Å²) < 4.78 is 0. The highest BCUT2D eigenvalue weighted by Gasteiger charge is 2.13. The molecule has 0 radical (unpaired) electrons. The van der Waals surface area contributed by atoms with Crippen LogP contribution in [0.1, 0.15) is 40.0 Å². The quantitative estimate of drug-likeness (QED) is 0.840. The van der Waals surface area contributed by atoms with Crippen molar-refractivity contribution in [1.29, 1.82) is 0 Å². The molecule has 19 heavy (non-hydrogen) atoms. The van der Waals surface area contributed by atoms with Crippen molar-refractivity contribution in [2.75, 3.05) is 5.73 Å². The summed E-state index contributed by atoms with van der Waals surface area (Å²) in [7, 11) is 0. The van der Waals surface area contributed by atoms with E-state index in [0.717, 1.165) is 22.5 Å². The lowest BCUT2D eigenvalue weighted by Gasteiger charge is -2.13. The lowest BCUT2D eigenvalue weighted by atomic mass is 10.1. The maximum atomic E-state index is 12.1. The molecule has 3 nitrogen and oxygen atoms in total. The Bertz CT molecular complexity index is 560. The zero-order valence-electron chi connectivity index (χ0n) is 11.1. The molecule has 0 bridgehead atoms. The standard InChI is InChI=1S/C15H18N2OS/c1-3-13-8-9-14(19-13)15(18)17-10(2)11-4-6-12(16)7-5-11/h4-10H,3,16H2,1-2H3,(H,17,18). The van der Waals surface area contributed by atoms with Gasteiger partial charge >= 0.3 is 0 Å². The van der Waals surface area contributed by atoms with Gasteiger partial charge in [0.05, 0.1) is 10.9 Å². The Morgan fingerprint density at radius 2 is 1.95 bits per heavy atom. The minimum Gasteiger partial charge on any atom is -0.399 e. The molecule has 1 unspecified atom stereocenters. The van der Waals surface area contributed by atoms with Gasteiger partial charge < -0.3 is 11.1 Å². The average Bonchev–Trinajstić information content (AvgIpc) is 2.88. The number of nitrogens with one attached hydrogen (secondary N) is 1. The Kier molecular flexibility index (Phi) is 4.22. The summed E-state index contributed by atoms with van der Waals surface area (Å²) in [5.41, 5.74) is 7.43. The molecule has 0 aliphatic carbocycles. The molecule has 0 saturated heterocycles. The van der Waals surface area contributed by atoms with Crippen LogP contribution in [0.4, 0.5) is 5.69 Å². The number of carbonyl (C=O) groups is 1. The van der Waals surface area contributed by atoms with Gasteiger partial charge in [0.15, 0.2) is 0 Å². The predicted octanol–water partition coefficient (Wildman–Crippen LogP) is 3.38. The number of hydrogen-bond acceptors (Lipinski definition) is 3. The van der Waals surface area contributed by atoms with Crippen LogP contribution in [0.25, 0.3) is 0 Å². The third kappa shape index (κ3) is 3.35. The Balaban J connectivity index is 2.04. The molecule has 0 spiro atoms. The Hall–Kier alpha value is -1.81. The van der Waals surface area contributed by atoms with Crippen LogP contribution in [-0.4, -0.2) is 5.91 Å². The molecule has 0 aliphatic rings. The second-order valence-electron chi connectivity index (χ2n) is 4.48. The van der Waals surface area contributed by atoms with Gasteiger partial charge in [-0.2, -0.15) is 0 Å². The molecule has 1 heterocycles. The number of nitrogen functional groups attached to an aromatic ring is 1. The normalized spacial score (nSPS) is 12.1. The minimum absolute atomic E-state index is 0.0194. The summed E-state index contributed by atoms with van der Waals surface area (Å²) in [6.45, 7) is 4.06. The minimum atomic E-state index is -0.0275. The van der Waals surface area contributed by atoms with Crippen molar-refractivity contribution in [3.63, 3.8) is 0 Å². The van der Waals surface area contributed by atoms with Gasteiger partial charge in [-0.1, -0.05) is 19.1 Å². The Labute approximate surface area is 117 Å². The van der Waals surface area contributed by atoms with E-state index >= 15 is 0 Å². The first-order valence-electron chi connectivity index (χ1n) is 6.35. The largest absolute Gasteiger partial charge is 0.399 e. The Morgan fingerprint density at radius 3 is 2.53 bits per heavy atom. The van der Waals surface area contributed by atoms with Crippen LogP contribution >= 0.6 is 11.3 Å². The number of carbonyl (C=O) groups excluding carboxylic acids is 1. The zero-order chi connectivity index (χ0) is 13.8. The molecule has 0 aliphatic heterocycles. The molecule has 1 aromatic carbocycles. The van der Waals surface area contributed by atoms with Gasteiger partial charge in [-0.15, -0.1) is 11.3 Å². The number of aryl methyl sites for hydroxylation is 1. The van der Waals surface area contributed by atoms with Crippen molar-refractivity contribution in [2.45, 2.75) is 26.3 Å². The van der Waals surface area contributed by atoms with Crippen LogP contribution in [0.2, 0.25) is 0 Å². The van der Waals surface area contributed by atoms with Gasteiger partial charge in [0.25, 0.3) is 5.91 Å². The van der Waals surface area contributed by atoms with E-state index < -0.39 is 0 Å². The summed E-state index contributed by atoms with van der Waals surface area (Å²) in [5.74, 6) is -0.0194. The molecule has 4 heteroatoms. The first-order valence-corrected chi connectivity index (χ1v) is 7.16. The molecule has 0 saturated carbocycles. The molecule has 3 N–H and O–H groups in total. The number of rotatable bonds is 4. The van der Waals surface area contributed by atoms with Crippen LogP contribution < -0.4 is 11.1 Å². The lowest BCUT2D eigenvalue weighted by molar-refractivity contribution is 0.0944. The first-order chi connectivity index (χ1) is 9.10. The molecular weight excluding hydrogens is 256 g/mol. The number of thiophene rings is 1. The molecule has 0 fully saturated rings. The van der Waals surface area contributed by atoms with Crippen molar-refractivity contribution in [3.05, 3.63) is 51.7 Å². The van der Waals surface area contributed by atoms with E-state index in [2.05, 4.69) is 12.2 Å². The van der Waals surface area contributed by atoms with Crippen molar-refractivity contribution in [3.8, 4) is 0 Å². The highest BCUT2D eigenvalue weighted by molar-refractivity contribution is 7.14. The van der Waals surface area contributed by atoms with Gasteiger partial charge in [0.1, 0.15) is 0 Å². The van der Waals surface area contributed by atoms with Crippen LogP contribution in [0.3, 0.4) is 0 Å². The summed E-state index contributed by atoms with van der Waals surface area (Å²) in [6.07, 6.45) is 0.964. The van der Waals surface area contributed by atoms with Crippen molar-refractivity contribution in [1.82, 2.24) is 5.32 Å². The molecule has 2 aromatic rings. The van der Waals surface area contributed by atoms with Crippen molar-refractivity contribution < 1.29 is 4.79 Å². The molecule has 1 amide bonds. The Morgan fingerprint density at radius 1 is 1.26 bits per heavy atom. The van der Waals surface area contributed by atoms with Crippen molar-refractivity contribution >= 4 is 22.9 Å². The number of amides is 1. The number of anilines is 1. The maximum absolute atomic E-state index is 12.1. The highest BCUT2D eigenvalue weighted by Crippen LogP contribution is 2.19. The van der Waals surface area contributed by atoms with E-state index in [1.54, 1.807) is 11.3 Å². The molecule has 1 aromatic heterocycles. The summed E-state index contributed by atoms with van der Waals surface area (Å²) >= 11 is 1.55. The van der Waals surface area contributed by atoms with Gasteiger partial charge in [0.2, 0.25) is 0 Å². The van der Waals surface area contributed by atoms with E-state index in [9.17, 15) is 4.79 Å². The second kappa shape index (κ2) is 5.89. The van der Waals surface area contributed by atoms with E-state index in [4.69, 9.17) is 5.73 Å². The van der Waals surface area contributed by atoms with Crippen LogP contribution in [0.5, 0.6) is 0 Å². The topological polar surface area (TPSA) is 55.1 Å². The summed E-state index contributed by atoms with van der Waals surface area (Å²) in [4.78, 5) is 14.1. The van der Waals surface area contributed by atoms with Gasteiger partial charge in [0, 0.05) is 10.6 Å².